The molecule has 0 aliphatic carbocycles. The fourth-order valence-electron chi connectivity index (χ4n) is 2.79. The number of aromatic amines is 2. The van der Waals surface area contributed by atoms with Gasteiger partial charge in [0.2, 0.25) is 11.9 Å². The van der Waals surface area contributed by atoms with Gasteiger partial charge in [-0.2, -0.15) is 0 Å². The molecule has 26 heavy (non-hydrogen) atoms. The zero-order valence-electron chi connectivity index (χ0n) is 14.5. The smallest absolute Gasteiger partial charge is 0.252 e. The Bertz CT molecular complexity index is 961. The van der Waals surface area contributed by atoms with Crippen LogP contribution in [-0.2, 0) is 11.2 Å². The van der Waals surface area contributed by atoms with Crippen molar-refractivity contribution < 1.29 is 4.79 Å². The zero-order chi connectivity index (χ0) is 18.5. The molecule has 3 rings (SSSR count). The van der Waals surface area contributed by atoms with E-state index in [1.165, 1.54) is 6.07 Å². The van der Waals surface area contributed by atoms with Gasteiger partial charge in [-0.3, -0.25) is 14.6 Å². The molecule has 8 nitrogen and oxygen atoms in total. The van der Waals surface area contributed by atoms with Crippen LogP contribution in [-0.4, -0.2) is 40.0 Å². The Labute approximate surface area is 150 Å². The summed E-state index contributed by atoms with van der Waals surface area (Å²) in [6.07, 6.45) is 2.34. The molecule has 0 radical (unpaired) electrons. The summed E-state index contributed by atoms with van der Waals surface area (Å²) < 4.78 is 0. The van der Waals surface area contributed by atoms with Gasteiger partial charge in [0, 0.05) is 41.9 Å². The number of anilines is 1. The van der Waals surface area contributed by atoms with Gasteiger partial charge >= 0.3 is 0 Å². The number of aryl methyl sites for hydroxylation is 1. The van der Waals surface area contributed by atoms with E-state index < -0.39 is 6.04 Å². The summed E-state index contributed by atoms with van der Waals surface area (Å²) in [5.41, 5.74) is 8.48. The summed E-state index contributed by atoms with van der Waals surface area (Å²) in [5, 5.41) is 6.82. The van der Waals surface area contributed by atoms with E-state index in [4.69, 9.17) is 5.73 Å². The molecular formula is C18H22N6O2. The number of nitrogens with zero attached hydrogens (tertiary/aromatic N) is 1. The molecule has 6 N–H and O–H groups in total. The fourth-order valence-corrected chi connectivity index (χ4v) is 2.79. The second kappa shape index (κ2) is 7.83. The maximum absolute atomic E-state index is 12.2. The molecule has 2 heterocycles. The number of H-pyrrole nitrogens is 2. The van der Waals surface area contributed by atoms with Gasteiger partial charge in [-0.05, 0) is 25.0 Å². The summed E-state index contributed by atoms with van der Waals surface area (Å²) >= 11 is 0. The van der Waals surface area contributed by atoms with Crippen LogP contribution in [0.4, 0.5) is 5.95 Å². The van der Waals surface area contributed by atoms with Gasteiger partial charge in [-0.15, -0.1) is 0 Å². The van der Waals surface area contributed by atoms with E-state index in [2.05, 4.69) is 25.6 Å². The van der Waals surface area contributed by atoms with Gasteiger partial charge < -0.3 is 21.4 Å². The highest BCUT2D eigenvalue weighted by molar-refractivity contribution is 5.86. The number of hydrogen-bond donors (Lipinski definition) is 5. The highest BCUT2D eigenvalue weighted by atomic mass is 16.2. The van der Waals surface area contributed by atoms with Crippen molar-refractivity contribution in [2.24, 2.45) is 5.73 Å². The van der Waals surface area contributed by atoms with Gasteiger partial charge in [0.15, 0.2) is 0 Å². The number of aromatic nitrogens is 3. The molecule has 1 aromatic carbocycles. The van der Waals surface area contributed by atoms with Crippen molar-refractivity contribution in [3.63, 3.8) is 0 Å². The number of benzene rings is 1. The topological polar surface area (TPSA) is 129 Å². The standard InChI is InChI=1S/C18H22N6O2/c1-11-8-16(25)24-18(23-11)21-7-6-20-17(26)14(19)9-12-10-22-15-5-3-2-4-13(12)15/h2-5,8,10,14,22H,6-7,9,19H2,1H3,(H,20,26)(H2,21,23,24,25)/t14-/m0/s1. The Kier molecular flexibility index (Phi) is 5.33. The third-order valence-electron chi connectivity index (χ3n) is 4.04. The Morgan fingerprint density at radius 3 is 2.92 bits per heavy atom. The van der Waals surface area contributed by atoms with Crippen molar-refractivity contribution in [1.82, 2.24) is 20.3 Å². The van der Waals surface area contributed by atoms with Crippen LogP contribution in [0.15, 0.2) is 41.3 Å². The van der Waals surface area contributed by atoms with Crippen LogP contribution in [0.2, 0.25) is 0 Å². The van der Waals surface area contributed by atoms with E-state index >= 15 is 0 Å². The number of rotatable bonds is 7. The molecule has 0 spiro atoms. The van der Waals surface area contributed by atoms with Crippen molar-refractivity contribution in [1.29, 1.82) is 0 Å². The lowest BCUT2D eigenvalue weighted by Crippen LogP contribution is -2.43. The highest BCUT2D eigenvalue weighted by Gasteiger charge is 2.15. The minimum absolute atomic E-state index is 0.218. The van der Waals surface area contributed by atoms with E-state index in [0.717, 1.165) is 16.5 Å². The molecule has 0 saturated heterocycles. The van der Waals surface area contributed by atoms with Crippen LogP contribution in [0, 0.1) is 6.92 Å². The summed E-state index contributed by atoms with van der Waals surface area (Å²) in [7, 11) is 0. The Balaban J connectivity index is 1.48. The lowest BCUT2D eigenvalue weighted by Gasteiger charge is -2.12. The molecule has 0 fully saturated rings. The third-order valence-corrected chi connectivity index (χ3v) is 4.04. The van der Waals surface area contributed by atoms with Gasteiger partial charge in [0.25, 0.3) is 5.56 Å². The normalized spacial score (nSPS) is 12.1. The first-order chi connectivity index (χ1) is 12.5. The molecule has 0 bridgehead atoms. The van der Waals surface area contributed by atoms with E-state index in [9.17, 15) is 9.59 Å². The molecular weight excluding hydrogens is 332 g/mol. The van der Waals surface area contributed by atoms with E-state index in [0.29, 0.717) is 31.2 Å². The number of hydrogen-bond acceptors (Lipinski definition) is 5. The highest BCUT2D eigenvalue weighted by Crippen LogP contribution is 2.18. The molecule has 2 aromatic heterocycles. The van der Waals surface area contributed by atoms with Gasteiger partial charge in [0.05, 0.1) is 6.04 Å². The molecule has 3 aromatic rings. The number of amides is 1. The summed E-state index contributed by atoms with van der Waals surface area (Å²) in [6, 6.07) is 8.69. The van der Waals surface area contributed by atoms with E-state index in [1.807, 2.05) is 30.5 Å². The maximum atomic E-state index is 12.2. The number of carbonyl (C=O) groups is 1. The van der Waals surface area contributed by atoms with Crippen molar-refractivity contribution in [2.75, 3.05) is 18.4 Å². The minimum Gasteiger partial charge on any atom is -0.361 e. The number of nitrogens with one attached hydrogen (secondary N) is 4. The zero-order valence-corrected chi connectivity index (χ0v) is 14.5. The first-order valence-electron chi connectivity index (χ1n) is 8.43. The van der Waals surface area contributed by atoms with Crippen molar-refractivity contribution >= 4 is 22.8 Å². The second-order valence-electron chi connectivity index (χ2n) is 6.12. The lowest BCUT2D eigenvalue weighted by atomic mass is 10.1. The third kappa shape index (κ3) is 4.28. The Morgan fingerprint density at radius 1 is 1.31 bits per heavy atom. The van der Waals surface area contributed by atoms with Crippen molar-refractivity contribution in [2.45, 2.75) is 19.4 Å². The van der Waals surface area contributed by atoms with Crippen molar-refractivity contribution in [3.8, 4) is 0 Å². The molecule has 0 aliphatic heterocycles. The molecule has 0 saturated carbocycles. The quantitative estimate of drug-likeness (QED) is 0.398. The maximum Gasteiger partial charge on any atom is 0.252 e. The summed E-state index contributed by atoms with van der Waals surface area (Å²) in [6.45, 7) is 2.54. The molecule has 1 amide bonds. The SMILES string of the molecule is Cc1cc(=O)[nH]c(NCCNC(=O)[C@@H](N)Cc2c[nH]c3ccccc23)n1. The van der Waals surface area contributed by atoms with Crippen LogP contribution < -0.4 is 21.9 Å². The van der Waals surface area contributed by atoms with Gasteiger partial charge in [-0.25, -0.2) is 4.98 Å². The average molecular weight is 354 g/mol. The van der Waals surface area contributed by atoms with Crippen LogP contribution in [0.1, 0.15) is 11.3 Å². The van der Waals surface area contributed by atoms with Crippen LogP contribution >= 0.6 is 0 Å². The van der Waals surface area contributed by atoms with E-state index in [-0.39, 0.29) is 11.5 Å². The number of nitrogens with two attached hydrogens (primary N) is 1. The van der Waals surface area contributed by atoms with Crippen LogP contribution in [0.25, 0.3) is 10.9 Å². The predicted octanol–water partition coefficient (Wildman–Crippen LogP) is 0.658. The first kappa shape index (κ1) is 17.7. The van der Waals surface area contributed by atoms with Crippen LogP contribution in [0.3, 0.4) is 0 Å². The minimum atomic E-state index is -0.633. The Hall–Kier alpha value is -3.13. The number of fused-ring (bicyclic) bond motifs is 1. The lowest BCUT2D eigenvalue weighted by molar-refractivity contribution is -0.122. The van der Waals surface area contributed by atoms with Gasteiger partial charge in [0.1, 0.15) is 0 Å². The van der Waals surface area contributed by atoms with E-state index in [1.54, 1.807) is 6.92 Å². The first-order valence-corrected chi connectivity index (χ1v) is 8.43. The molecule has 136 valence electrons. The predicted molar refractivity (Wildman–Crippen MR) is 101 cm³/mol. The monoisotopic (exact) mass is 354 g/mol. The molecule has 0 aliphatic rings. The molecule has 8 heteroatoms. The number of para-hydroxylation sites is 1. The number of carbonyl (C=O) groups excluding carboxylic acids is 1. The fraction of sp³-hybridized carbons (Fsp3) is 0.278. The average Bonchev–Trinajstić information content (AvgIpc) is 3.01. The summed E-state index contributed by atoms with van der Waals surface area (Å²) in [4.78, 5) is 33.5. The van der Waals surface area contributed by atoms with Crippen LogP contribution in [0.5, 0.6) is 0 Å². The summed E-state index contributed by atoms with van der Waals surface area (Å²) in [5.74, 6) is 0.162. The Morgan fingerprint density at radius 2 is 2.12 bits per heavy atom. The molecule has 1 atom stereocenters. The van der Waals surface area contributed by atoms with Crippen molar-refractivity contribution in [3.05, 3.63) is 58.1 Å². The second-order valence-corrected chi connectivity index (χ2v) is 6.12. The molecule has 0 unspecified atom stereocenters. The largest absolute Gasteiger partial charge is 0.361 e. The van der Waals surface area contributed by atoms with Gasteiger partial charge in [-0.1, -0.05) is 18.2 Å².